The molecule has 0 bridgehead atoms. The summed E-state index contributed by atoms with van der Waals surface area (Å²) in [6.45, 7) is 7.04. The Morgan fingerprint density at radius 1 is 1.16 bits per heavy atom. The Morgan fingerprint density at radius 2 is 2.06 bits per heavy atom. The molecule has 4 heterocycles. The minimum absolute atomic E-state index is 0. The van der Waals surface area contributed by atoms with Gasteiger partial charge in [0.25, 0.3) is 5.91 Å². The number of likely N-dealkylation sites (tertiary alicyclic amines) is 1. The van der Waals surface area contributed by atoms with E-state index < -0.39 is 0 Å². The number of hydrogen-bond acceptors (Lipinski definition) is 5. The largest absolute Gasteiger partial charge is 0.349 e. The summed E-state index contributed by atoms with van der Waals surface area (Å²) < 4.78 is 1.75. The number of benzene rings is 1. The first-order valence-corrected chi connectivity index (χ1v) is 11.2. The third-order valence-electron chi connectivity index (χ3n) is 6.20. The van der Waals surface area contributed by atoms with Gasteiger partial charge >= 0.3 is 0 Å². The Labute approximate surface area is 194 Å². The van der Waals surface area contributed by atoms with Crippen molar-refractivity contribution in [3.05, 3.63) is 53.9 Å². The number of nitrogens with one attached hydrogen (secondary N) is 1. The van der Waals surface area contributed by atoms with Crippen LogP contribution in [0, 0.1) is 0 Å². The lowest BCUT2D eigenvalue weighted by molar-refractivity contribution is 0.0924. The number of amides is 1. The van der Waals surface area contributed by atoms with Gasteiger partial charge in [-0.05, 0) is 62.0 Å². The van der Waals surface area contributed by atoms with Crippen molar-refractivity contribution in [2.24, 2.45) is 0 Å². The first kappa shape index (κ1) is 22.4. The van der Waals surface area contributed by atoms with E-state index in [9.17, 15) is 4.79 Å². The first-order valence-electron chi connectivity index (χ1n) is 11.2. The van der Waals surface area contributed by atoms with E-state index in [-0.39, 0.29) is 18.3 Å². The van der Waals surface area contributed by atoms with Crippen LogP contribution in [-0.4, -0.2) is 56.7 Å². The van der Waals surface area contributed by atoms with Crippen LogP contribution in [0.4, 0.5) is 0 Å². The summed E-state index contributed by atoms with van der Waals surface area (Å²) in [7, 11) is 0. The van der Waals surface area contributed by atoms with Crippen LogP contribution in [0.5, 0.6) is 0 Å². The number of hydrogen-bond donors (Lipinski definition) is 1. The maximum absolute atomic E-state index is 12.1. The lowest BCUT2D eigenvalue weighted by Gasteiger charge is -2.32. The molecule has 1 N–H and O–H groups in total. The topological polar surface area (TPSA) is 75.9 Å². The standard InChI is InChI=1S/C24H28N6O.ClH/c1-2-11-29-12-4-7-19(16-29)17-5-3-6-18(14-17)23-25-9-8-20(27-23)21-15-22-24(31)26-10-13-30(22)28-21;/h3,5-6,8-9,14-15,19H,2,4,7,10-13,16H2,1H3,(H,26,31);1H. The minimum Gasteiger partial charge on any atom is -0.349 e. The Hall–Kier alpha value is -2.77. The summed E-state index contributed by atoms with van der Waals surface area (Å²) in [4.78, 5) is 24.0. The zero-order chi connectivity index (χ0) is 21.2. The number of halogens is 1. The van der Waals surface area contributed by atoms with Crippen molar-refractivity contribution in [3.63, 3.8) is 0 Å². The van der Waals surface area contributed by atoms with Crippen LogP contribution < -0.4 is 5.32 Å². The predicted octanol–water partition coefficient (Wildman–Crippen LogP) is 3.76. The molecule has 1 saturated heterocycles. The number of piperidine rings is 1. The van der Waals surface area contributed by atoms with Crippen LogP contribution in [0.25, 0.3) is 22.8 Å². The summed E-state index contributed by atoms with van der Waals surface area (Å²) in [5.74, 6) is 1.16. The molecular weight excluding hydrogens is 424 g/mol. The molecule has 2 aliphatic heterocycles. The monoisotopic (exact) mass is 452 g/mol. The summed E-state index contributed by atoms with van der Waals surface area (Å²) in [6, 6.07) is 12.3. The molecule has 7 nitrogen and oxygen atoms in total. The third kappa shape index (κ3) is 4.54. The molecule has 2 aromatic heterocycles. The van der Waals surface area contributed by atoms with Crippen molar-refractivity contribution in [2.75, 3.05) is 26.2 Å². The van der Waals surface area contributed by atoms with Crippen molar-refractivity contribution in [1.82, 2.24) is 30.0 Å². The van der Waals surface area contributed by atoms with E-state index in [1.807, 2.05) is 6.07 Å². The van der Waals surface area contributed by atoms with E-state index in [2.05, 4.69) is 51.5 Å². The number of fused-ring (bicyclic) bond motifs is 1. The molecule has 0 aliphatic carbocycles. The maximum atomic E-state index is 12.1. The summed E-state index contributed by atoms with van der Waals surface area (Å²) in [5, 5.41) is 7.44. The molecule has 0 saturated carbocycles. The van der Waals surface area contributed by atoms with Gasteiger partial charge in [-0.25, -0.2) is 9.97 Å². The van der Waals surface area contributed by atoms with Crippen LogP contribution >= 0.6 is 12.4 Å². The van der Waals surface area contributed by atoms with E-state index in [1.54, 1.807) is 16.9 Å². The van der Waals surface area contributed by atoms with Gasteiger partial charge in [-0.2, -0.15) is 5.10 Å². The van der Waals surface area contributed by atoms with Gasteiger partial charge in [0.1, 0.15) is 11.4 Å². The predicted molar refractivity (Wildman–Crippen MR) is 127 cm³/mol. The molecule has 0 spiro atoms. The van der Waals surface area contributed by atoms with E-state index in [1.165, 1.54) is 37.9 Å². The smallest absolute Gasteiger partial charge is 0.269 e. The van der Waals surface area contributed by atoms with Gasteiger partial charge < -0.3 is 10.2 Å². The highest BCUT2D eigenvalue weighted by atomic mass is 35.5. The van der Waals surface area contributed by atoms with Crippen LogP contribution in [-0.2, 0) is 6.54 Å². The SMILES string of the molecule is CCCN1CCCC(c2cccc(-c3nccc(-c4cc5n(n4)CCNC5=O)n3)c2)C1.Cl. The Kier molecular flexibility index (Phi) is 6.86. The summed E-state index contributed by atoms with van der Waals surface area (Å²) >= 11 is 0. The van der Waals surface area contributed by atoms with Crippen LogP contribution in [0.2, 0.25) is 0 Å². The highest BCUT2D eigenvalue weighted by molar-refractivity contribution is 5.94. The molecule has 168 valence electrons. The Bertz CT molecular complexity index is 1100. The molecule has 0 radical (unpaired) electrons. The Balaban J connectivity index is 0.00000245. The van der Waals surface area contributed by atoms with Gasteiger partial charge in [0.05, 0.1) is 12.2 Å². The molecule has 1 amide bonds. The fraction of sp³-hybridized carbons (Fsp3) is 0.417. The van der Waals surface area contributed by atoms with Crippen LogP contribution in [0.3, 0.4) is 0 Å². The van der Waals surface area contributed by atoms with E-state index in [0.29, 0.717) is 36.2 Å². The van der Waals surface area contributed by atoms with Crippen LogP contribution in [0.15, 0.2) is 42.6 Å². The average Bonchev–Trinajstić information content (AvgIpc) is 3.26. The van der Waals surface area contributed by atoms with Crippen molar-refractivity contribution >= 4 is 18.3 Å². The fourth-order valence-electron chi connectivity index (χ4n) is 4.68. The number of carbonyl (C=O) groups is 1. The number of rotatable bonds is 5. The molecule has 1 aromatic carbocycles. The van der Waals surface area contributed by atoms with Crippen LogP contribution in [0.1, 0.15) is 48.2 Å². The average molecular weight is 453 g/mol. The molecule has 1 fully saturated rings. The zero-order valence-electron chi connectivity index (χ0n) is 18.3. The van der Waals surface area contributed by atoms with Gasteiger partial charge in [-0.15, -0.1) is 12.4 Å². The molecule has 8 heteroatoms. The van der Waals surface area contributed by atoms with Crippen molar-refractivity contribution in [1.29, 1.82) is 0 Å². The quantitative estimate of drug-likeness (QED) is 0.637. The second-order valence-corrected chi connectivity index (χ2v) is 8.42. The number of carbonyl (C=O) groups excluding carboxylic acids is 1. The second kappa shape index (κ2) is 9.79. The molecule has 1 atom stereocenters. The summed E-state index contributed by atoms with van der Waals surface area (Å²) in [5.41, 5.74) is 4.40. The molecule has 1 unspecified atom stereocenters. The number of aromatic nitrogens is 4. The second-order valence-electron chi connectivity index (χ2n) is 8.42. The normalized spacial score (nSPS) is 18.5. The fourth-order valence-corrected chi connectivity index (χ4v) is 4.68. The Morgan fingerprint density at radius 3 is 2.91 bits per heavy atom. The van der Waals surface area contributed by atoms with E-state index in [4.69, 9.17) is 4.98 Å². The molecular formula is C24H29ClN6O. The van der Waals surface area contributed by atoms with E-state index in [0.717, 1.165) is 17.8 Å². The third-order valence-corrected chi connectivity index (χ3v) is 6.20. The highest BCUT2D eigenvalue weighted by Gasteiger charge is 2.22. The maximum Gasteiger partial charge on any atom is 0.269 e. The number of nitrogens with zero attached hydrogens (tertiary/aromatic N) is 5. The van der Waals surface area contributed by atoms with Gasteiger partial charge in [0, 0.05) is 24.8 Å². The highest BCUT2D eigenvalue weighted by Crippen LogP contribution is 2.30. The van der Waals surface area contributed by atoms with Crippen molar-refractivity contribution in [3.8, 4) is 22.8 Å². The zero-order valence-corrected chi connectivity index (χ0v) is 19.1. The summed E-state index contributed by atoms with van der Waals surface area (Å²) in [6.07, 6.45) is 5.45. The molecule has 32 heavy (non-hydrogen) atoms. The van der Waals surface area contributed by atoms with E-state index >= 15 is 0 Å². The lowest BCUT2D eigenvalue weighted by atomic mass is 9.89. The molecule has 2 aliphatic rings. The molecule has 3 aromatic rings. The van der Waals surface area contributed by atoms with Gasteiger partial charge in [0.15, 0.2) is 5.82 Å². The van der Waals surface area contributed by atoms with Crippen molar-refractivity contribution < 1.29 is 4.79 Å². The first-order chi connectivity index (χ1) is 15.2. The molecule has 5 rings (SSSR count). The lowest BCUT2D eigenvalue weighted by Crippen LogP contribution is -2.35. The van der Waals surface area contributed by atoms with Crippen molar-refractivity contribution in [2.45, 2.75) is 38.6 Å². The minimum atomic E-state index is -0.0865. The van der Waals surface area contributed by atoms with Gasteiger partial charge in [0.2, 0.25) is 0 Å². The van der Waals surface area contributed by atoms with Gasteiger partial charge in [-0.3, -0.25) is 9.48 Å². The van der Waals surface area contributed by atoms with Gasteiger partial charge in [-0.1, -0.05) is 25.1 Å².